The minimum Gasteiger partial charge on any atom is -0.0753 e. The number of allylic oxidation sites excluding steroid dienone is 3. The van der Waals surface area contributed by atoms with Crippen LogP contribution in [0.3, 0.4) is 0 Å². The lowest BCUT2D eigenvalue weighted by Gasteiger charge is -2.30. The molecule has 0 saturated heterocycles. The minimum atomic E-state index is 0.230. The molecule has 15 rings (SSSR count). The van der Waals surface area contributed by atoms with Gasteiger partial charge in [-0.15, -0.1) is 0 Å². The van der Waals surface area contributed by atoms with E-state index in [2.05, 4.69) is 249 Å². The summed E-state index contributed by atoms with van der Waals surface area (Å²) in [6.45, 7) is 0. The van der Waals surface area contributed by atoms with E-state index in [4.69, 9.17) is 0 Å². The van der Waals surface area contributed by atoms with Crippen molar-refractivity contribution >= 4 is 76.3 Å². The molecule has 13 aromatic carbocycles. The fourth-order valence-electron chi connectivity index (χ4n) is 12.4. The first-order valence-electron chi connectivity index (χ1n) is 24.7. The second-order valence-electron chi connectivity index (χ2n) is 19.4. The van der Waals surface area contributed by atoms with Gasteiger partial charge in [0.15, 0.2) is 0 Å². The van der Waals surface area contributed by atoms with Crippen molar-refractivity contribution in [2.45, 2.75) is 12.3 Å². The van der Waals surface area contributed by atoms with Gasteiger partial charge in [-0.2, -0.15) is 0 Å². The third-order valence-electron chi connectivity index (χ3n) is 15.8. The van der Waals surface area contributed by atoms with Gasteiger partial charge < -0.3 is 0 Å². The van der Waals surface area contributed by atoms with Crippen molar-refractivity contribution in [1.29, 1.82) is 0 Å². The van der Waals surface area contributed by atoms with Crippen molar-refractivity contribution in [1.82, 2.24) is 0 Å². The Bertz CT molecular complexity index is 4320. The number of rotatable bonds is 6. The monoisotopic (exact) mass is 884 g/mol. The van der Waals surface area contributed by atoms with Crippen LogP contribution in [0.25, 0.3) is 132 Å². The molecule has 2 aliphatic carbocycles. The third-order valence-corrected chi connectivity index (χ3v) is 15.8. The minimum absolute atomic E-state index is 0.230. The average Bonchev–Trinajstić information content (AvgIpc) is 3.43. The van der Waals surface area contributed by atoms with Crippen molar-refractivity contribution in [3.05, 3.63) is 265 Å². The molecule has 2 aliphatic rings. The maximum Gasteiger partial charge on any atom is 0.0282 e. The molecule has 0 radical (unpaired) electrons. The van der Waals surface area contributed by atoms with E-state index in [0.717, 1.165) is 6.42 Å². The van der Waals surface area contributed by atoms with Gasteiger partial charge >= 0.3 is 0 Å². The molecule has 0 N–H and O–H groups in total. The van der Waals surface area contributed by atoms with Crippen LogP contribution < -0.4 is 0 Å². The van der Waals surface area contributed by atoms with Gasteiger partial charge in [0.2, 0.25) is 0 Å². The predicted molar refractivity (Wildman–Crippen MR) is 300 cm³/mol. The van der Waals surface area contributed by atoms with Gasteiger partial charge in [-0.3, -0.25) is 0 Å². The van der Waals surface area contributed by atoms with E-state index in [1.54, 1.807) is 0 Å². The van der Waals surface area contributed by atoms with Crippen molar-refractivity contribution in [3.63, 3.8) is 0 Å². The van der Waals surface area contributed by atoms with Gasteiger partial charge in [-0.05, 0) is 155 Å². The van der Waals surface area contributed by atoms with Crippen LogP contribution in [-0.4, -0.2) is 0 Å². The first kappa shape index (κ1) is 39.2. The van der Waals surface area contributed by atoms with E-state index in [0.29, 0.717) is 0 Å². The Morgan fingerprint density at radius 2 is 0.771 bits per heavy atom. The van der Waals surface area contributed by atoms with Crippen LogP contribution in [0.4, 0.5) is 0 Å². The molecule has 13 aromatic rings. The van der Waals surface area contributed by atoms with E-state index >= 15 is 0 Å². The SMILES string of the molecule is C1=CC(c2cccc3ccccc23)C2=CCc3ccc(-c4ccc(-c5ccc(-c6ccc(-c7ccc8ccc9c(-c%10cccc%11ccccc%10%11)ccc%10ccc7c8c%109)cc6)cc5)cc4)c4ccc1c2c34. The van der Waals surface area contributed by atoms with Crippen LogP contribution in [0.15, 0.2) is 243 Å². The van der Waals surface area contributed by atoms with Crippen molar-refractivity contribution < 1.29 is 0 Å². The molecule has 0 amide bonds. The van der Waals surface area contributed by atoms with Gasteiger partial charge in [0.1, 0.15) is 0 Å². The predicted octanol–water partition coefficient (Wildman–Crippen LogP) is 19.1. The molecule has 0 heterocycles. The summed E-state index contributed by atoms with van der Waals surface area (Å²) in [5, 5.41) is 15.8. The normalized spacial score (nSPS) is 14.1. The van der Waals surface area contributed by atoms with Crippen LogP contribution in [0.5, 0.6) is 0 Å². The summed E-state index contributed by atoms with van der Waals surface area (Å²) in [7, 11) is 0. The Labute approximate surface area is 407 Å². The standard InChI is InChI=1S/C70H44/c1-3-11-55-47(7-1)9-5-13-59(55)61-37-29-53-31-39-63-57(35-27-51-33-41-65(61)69(53)67(51)63)49-23-19-45(20-24-49)43-15-17-44(18-16-43)46-21-25-50(26-22-46)58-36-28-52-34-42-66-62(38-30-54-32-40-64(58)68(52)70(54)66)60-14-6-10-48-8-2-4-12-56(48)60/h1-33,35-42,62H,34H2. The molecule has 0 aromatic heterocycles. The van der Waals surface area contributed by atoms with Crippen LogP contribution in [0, 0.1) is 0 Å². The molecule has 0 aliphatic heterocycles. The zero-order valence-corrected chi connectivity index (χ0v) is 38.5. The largest absolute Gasteiger partial charge is 0.0753 e. The molecule has 324 valence electrons. The van der Waals surface area contributed by atoms with Crippen molar-refractivity contribution in [3.8, 4) is 55.6 Å². The first-order chi connectivity index (χ1) is 34.7. The maximum absolute atomic E-state index is 2.49. The summed E-state index contributed by atoms with van der Waals surface area (Å²) in [6, 6.07) is 86.2. The van der Waals surface area contributed by atoms with Crippen LogP contribution in [0.1, 0.15) is 28.2 Å². The van der Waals surface area contributed by atoms with Crippen LogP contribution in [-0.2, 0) is 6.42 Å². The van der Waals surface area contributed by atoms with E-state index in [9.17, 15) is 0 Å². The molecule has 1 atom stereocenters. The molecule has 0 bridgehead atoms. The Morgan fingerprint density at radius 1 is 0.300 bits per heavy atom. The van der Waals surface area contributed by atoms with Gasteiger partial charge in [-0.25, -0.2) is 0 Å². The summed E-state index contributed by atoms with van der Waals surface area (Å²) in [6.07, 6.45) is 8.21. The summed E-state index contributed by atoms with van der Waals surface area (Å²) >= 11 is 0. The van der Waals surface area contributed by atoms with E-state index in [1.165, 1.54) is 148 Å². The summed E-state index contributed by atoms with van der Waals surface area (Å²) in [4.78, 5) is 0. The van der Waals surface area contributed by atoms with Crippen molar-refractivity contribution in [2.75, 3.05) is 0 Å². The number of hydrogen-bond acceptors (Lipinski definition) is 0. The Hall–Kier alpha value is -8.84. The topological polar surface area (TPSA) is 0 Å². The lowest BCUT2D eigenvalue weighted by molar-refractivity contribution is 1.09. The average molecular weight is 885 g/mol. The summed E-state index contributed by atoms with van der Waals surface area (Å²) in [5.41, 5.74) is 19.4. The Balaban J connectivity index is 0.714. The fourth-order valence-corrected chi connectivity index (χ4v) is 12.4. The maximum atomic E-state index is 2.49. The van der Waals surface area contributed by atoms with Gasteiger partial charge in [0.25, 0.3) is 0 Å². The molecule has 1 unspecified atom stereocenters. The van der Waals surface area contributed by atoms with Crippen molar-refractivity contribution in [2.24, 2.45) is 0 Å². The van der Waals surface area contributed by atoms with Gasteiger partial charge in [-0.1, -0.05) is 249 Å². The summed E-state index contributed by atoms with van der Waals surface area (Å²) in [5.74, 6) is 0.230. The van der Waals surface area contributed by atoms with Crippen LogP contribution in [0.2, 0.25) is 0 Å². The van der Waals surface area contributed by atoms with E-state index < -0.39 is 0 Å². The molecule has 0 saturated carbocycles. The smallest absolute Gasteiger partial charge is 0.0282 e. The van der Waals surface area contributed by atoms with E-state index in [1.807, 2.05) is 0 Å². The second-order valence-corrected chi connectivity index (χ2v) is 19.4. The number of benzene rings is 13. The molecule has 70 heavy (non-hydrogen) atoms. The number of hydrogen-bond donors (Lipinski definition) is 0. The Morgan fingerprint density at radius 3 is 1.43 bits per heavy atom. The fraction of sp³-hybridized carbons (Fsp3) is 0.0286. The van der Waals surface area contributed by atoms with Crippen LogP contribution >= 0.6 is 0 Å². The van der Waals surface area contributed by atoms with Gasteiger partial charge in [0, 0.05) is 5.92 Å². The highest BCUT2D eigenvalue weighted by molar-refractivity contribution is 6.28. The zero-order chi connectivity index (χ0) is 45.9. The molecule has 0 nitrogen and oxygen atoms in total. The number of fused-ring (bicyclic) bond motifs is 2. The van der Waals surface area contributed by atoms with Gasteiger partial charge in [0.05, 0.1) is 0 Å². The second kappa shape index (κ2) is 15.3. The quantitative estimate of drug-likeness (QED) is 0.146. The highest BCUT2D eigenvalue weighted by Gasteiger charge is 2.28. The highest BCUT2D eigenvalue weighted by atomic mass is 14.3. The zero-order valence-electron chi connectivity index (χ0n) is 38.5. The molecular formula is C70H44. The molecule has 0 spiro atoms. The molecule has 0 fully saturated rings. The summed E-state index contributed by atoms with van der Waals surface area (Å²) < 4.78 is 0. The lowest BCUT2D eigenvalue weighted by Crippen LogP contribution is -2.10. The Kier molecular flexibility index (Phi) is 8.59. The van der Waals surface area contributed by atoms with E-state index in [-0.39, 0.29) is 5.92 Å². The first-order valence-corrected chi connectivity index (χ1v) is 24.7. The lowest BCUT2D eigenvalue weighted by atomic mass is 9.73. The highest BCUT2D eigenvalue weighted by Crippen LogP contribution is 2.50. The molecular weight excluding hydrogens is 841 g/mol. The molecule has 0 heteroatoms. The third kappa shape index (κ3) is 5.97.